The molecule has 0 saturated heterocycles. The summed E-state index contributed by atoms with van der Waals surface area (Å²) in [7, 11) is 0. The van der Waals surface area contributed by atoms with Crippen LogP contribution in [0.3, 0.4) is 0 Å². The zero-order chi connectivity index (χ0) is 34.8. The molecule has 48 heavy (non-hydrogen) atoms. The van der Waals surface area contributed by atoms with E-state index in [1.807, 2.05) is 66.7 Å². The smallest absolute Gasteiger partial charge is 0.408 e. The van der Waals surface area contributed by atoms with Gasteiger partial charge in [-0.1, -0.05) is 91.0 Å². The van der Waals surface area contributed by atoms with Crippen molar-refractivity contribution in [3.05, 3.63) is 108 Å². The number of ether oxygens (including phenoxy) is 4. The number of carbonyl (C=O) groups is 5. The van der Waals surface area contributed by atoms with Gasteiger partial charge in [0.15, 0.2) is 0 Å². The van der Waals surface area contributed by atoms with Gasteiger partial charge in [0.25, 0.3) is 0 Å². The molecule has 3 N–H and O–H groups in total. The highest BCUT2D eigenvalue weighted by Gasteiger charge is 2.27. The fourth-order valence-corrected chi connectivity index (χ4v) is 4.19. The lowest BCUT2D eigenvalue weighted by Crippen LogP contribution is -2.53. The van der Waals surface area contributed by atoms with E-state index >= 15 is 0 Å². The van der Waals surface area contributed by atoms with E-state index < -0.39 is 54.1 Å². The Bertz CT molecular complexity index is 1460. The molecule has 0 bridgehead atoms. The summed E-state index contributed by atoms with van der Waals surface area (Å²) in [6.45, 7) is 4.51. The molecule has 0 saturated carbocycles. The first-order valence-electron chi connectivity index (χ1n) is 15.6. The molecule has 0 spiro atoms. The maximum Gasteiger partial charge on any atom is 0.408 e. The molecule has 3 rings (SSSR count). The molecule has 3 aromatic rings. The molecular weight excluding hydrogens is 618 g/mol. The number of carbonyl (C=O) groups excluding carboxylic acids is 5. The Morgan fingerprint density at radius 3 is 1.73 bits per heavy atom. The van der Waals surface area contributed by atoms with Gasteiger partial charge in [-0.25, -0.2) is 9.59 Å². The summed E-state index contributed by atoms with van der Waals surface area (Å²) < 4.78 is 21.7. The van der Waals surface area contributed by atoms with Gasteiger partial charge in [0.05, 0.1) is 19.8 Å². The van der Waals surface area contributed by atoms with Crippen molar-refractivity contribution in [2.75, 3.05) is 13.2 Å². The summed E-state index contributed by atoms with van der Waals surface area (Å²) in [6.07, 6.45) is -1.11. The number of nitrogens with one attached hydrogen (secondary N) is 3. The fraction of sp³-hybridized carbons (Fsp3) is 0.361. The molecule has 12 heteroatoms. The highest BCUT2D eigenvalue weighted by atomic mass is 16.6. The lowest BCUT2D eigenvalue weighted by Gasteiger charge is -2.23. The van der Waals surface area contributed by atoms with Crippen molar-refractivity contribution in [2.45, 2.75) is 71.1 Å². The molecule has 0 heterocycles. The Hall–Kier alpha value is -5.23. The number of hydrogen-bond acceptors (Lipinski definition) is 9. The first kappa shape index (κ1) is 37.2. The molecule has 3 aromatic carbocycles. The predicted octanol–water partition coefficient (Wildman–Crippen LogP) is 3.96. The van der Waals surface area contributed by atoms with Crippen LogP contribution < -0.4 is 16.0 Å². The summed E-state index contributed by atoms with van der Waals surface area (Å²) in [6, 6.07) is 25.0. The zero-order valence-corrected chi connectivity index (χ0v) is 27.4. The molecule has 0 aliphatic carbocycles. The van der Waals surface area contributed by atoms with E-state index in [9.17, 15) is 24.0 Å². The first-order chi connectivity index (χ1) is 23.0. The second-order valence-electron chi connectivity index (χ2n) is 11.8. The van der Waals surface area contributed by atoms with E-state index in [0.717, 1.165) is 16.7 Å². The number of benzene rings is 3. The van der Waals surface area contributed by atoms with Crippen LogP contribution in [0.1, 0.15) is 50.3 Å². The van der Waals surface area contributed by atoms with Crippen LogP contribution in [0, 0.1) is 0 Å². The van der Waals surface area contributed by atoms with Crippen LogP contribution in [0.4, 0.5) is 4.79 Å². The summed E-state index contributed by atoms with van der Waals surface area (Å²) in [5.74, 6) is -2.75. The van der Waals surface area contributed by atoms with Crippen LogP contribution in [-0.2, 0) is 57.9 Å². The third kappa shape index (κ3) is 14.9. The quantitative estimate of drug-likeness (QED) is 0.144. The Labute approximate surface area is 280 Å². The van der Waals surface area contributed by atoms with Crippen molar-refractivity contribution >= 4 is 29.8 Å². The zero-order valence-electron chi connectivity index (χ0n) is 27.4. The normalized spacial score (nSPS) is 12.1. The lowest BCUT2D eigenvalue weighted by molar-refractivity contribution is -0.150. The molecule has 2 atom stereocenters. The third-order valence-electron chi connectivity index (χ3n) is 6.55. The monoisotopic (exact) mass is 661 g/mol. The largest absolute Gasteiger partial charge is 0.461 e. The molecule has 0 unspecified atom stereocenters. The fourth-order valence-electron chi connectivity index (χ4n) is 4.19. The number of esters is 2. The van der Waals surface area contributed by atoms with Crippen LogP contribution in [0.15, 0.2) is 91.0 Å². The van der Waals surface area contributed by atoms with Gasteiger partial charge < -0.3 is 34.9 Å². The van der Waals surface area contributed by atoms with Gasteiger partial charge in [0.1, 0.15) is 30.9 Å². The topological polar surface area (TPSA) is 158 Å². The van der Waals surface area contributed by atoms with Gasteiger partial charge in [0.2, 0.25) is 11.8 Å². The molecule has 12 nitrogen and oxygen atoms in total. The second-order valence-corrected chi connectivity index (χ2v) is 11.8. The Morgan fingerprint density at radius 1 is 0.667 bits per heavy atom. The minimum Gasteiger partial charge on any atom is -0.461 e. The van der Waals surface area contributed by atoms with Gasteiger partial charge in [-0.15, -0.1) is 0 Å². The van der Waals surface area contributed by atoms with E-state index in [4.69, 9.17) is 18.9 Å². The number of amides is 3. The maximum absolute atomic E-state index is 13.1. The minimum atomic E-state index is -1.20. The Kier molecular flexibility index (Phi) is 15.1. The summed E-state index contributed by atoms with van der Waals surface area (Å²) >= 11 is 0. The number of hydrogen-bond donors (Lipinski definition) is 3. The van der Waals surface area contributed by atoms with E-state index in [0.29, 0.717) is 0 Å². The van der Waals surface area contributed by atoms with Crippen molar-refractivity contribution in [2.24, 2.45) is 0 Å². The van der Waals surface area contributed by atoms with Gasteiger partial charge in [-0.3, -0.25) is 14.4 Å². The average Bonchev–Trinajstić information content (AvgIpc) is 3.07. The first-order valence-corrected chi connectivity index (χ1v) is 15.6. The highest BCUT2D eigenvalue weighted by molar-refractivity contribution is 5.91. The van der Waals surface area contributed by atoms with Gasteiger partial charge >= 0.3 is 18.0 Å². The van der Waals surface area contributed by atoms with Crippen LogP contribution in [0.25, 0.3) is 0 Å². The Morgan fingerprint density at radius 2 is 1.19 bits per heavy atom. The van der Waals surface area contributed by atoms with Crippen molar-refractivity contribution < 1.29 is 42.9 Å². The highest BCUT2D eigenvalue weighted by Crippen LogP contribution is 2.09. The van der Waals surface area contributed by atoms with E-state index in [2.05, 4.69) is 16.0 Å². The van der Waals surface area contributed by atoms with Crippen LogP contribution in [-0.4, -0.2) is 60.7 Å². The summed E-state index contributed by atoms with van der Waals surface area (Å²) in [5.41, 5.74) is 1.60. The van der Waals surface area contributed by atoms with Gasteiger partial charge in [-0.05, 0) is 43.9 Å². The van der Waals surface area contributed by atoms with Crippen LogP contribution >= 0.6 is 0 Å². The van der Waals surface area contributed by atoms with E-state index in [1.54, 1.807) is 45.0 Å². The molecule has 256 valence electrons. The lowest BCUT2D eigenvalue weighted by atomic mass is 10.1. The average molecular weight is 662 g/mol. The van der Waals surface area contributed by atoms with Crippen molar-refractivity contribution in [3.8, 4) is 0 Å². The van der Waals surface area contributed by atoms with Crippen LogP contribution in [0.5, 0.6) is 0 Å². The standard InChI is InChI=1S/C36H43N3O9/c1-36(2,3)48-35(44)39-30(25-45-22-26-13-7-4-8-14-26)33(42)37-21-31(40)38-29(34(43)47-24-28-17-11-6-12-18-28)19-20-32(41)46-23-27-15-9-5-10-16-27/h4-18,29-30H,19-25H2,1-3H3,(H,37,42)(H,38,40)(H,39,44)/t29-,30+/m0/s1. The number of rotatable bonds is 17. The predicted molar refractivity (Wildman–Crippen MR) is 176 cm³/mol. The van der Waals surface area contributed by atoms with Crippen molar-refractivity contribution in [3.63, 3.8) is 0 Å². The van der Waals surface area contributed by atoms with Crippen LogP contribution in [0.2, 0.25) is 0 Å². The SMILES string of the molecule is CC(C)(C)OC(=O)N[C@H](COCc1ccccc1)C(=O)NCC(=O)N[C@@H](CCC(=O)OCc1ccccc1)C(=O)OCc1ccccc1. The van der Waals surface area contributed by atoms with E-state index in [-0.39, 0.29) is 39.3 Å². The molecule has 0 radical (unpaired) electrons. The third-order valence-corrected chi connectivity index (χ3v) is 6.55. The van der Waals surface area contributed by atoms with Crippen molar-refractivity contribution in [1.82, 2.24) is 16.0 Å². The summed E-state index contributed by atoms with van der Waals surface area (Å²) in [4.78, 5) is 63.9. The molecule has 0 aromatic heterocycles. The van der Waals surface area contributed by atoms with Gasteiger partial charge in [-0.2, -0.15) is 0 Å². The number of alkyl carbamates (subject to hydrolysis) is 1. The summed E-state index contributed by atoms with van der Waals surface area (Å²) in [5, 5.41) is 7.47. The molecule has 0 aliphatic rings. The molecule has 0 fully saturated rings. The molecular formula is C36H43N3O9. The molecule has 0 aliphatic heterocycles. The minimum absolute atomic E-state index is 0.0395. The maximum atomic E-state index is 13.1. The second kappa shape index (κ2) is 19.4. The van der Waals surface area contributed by atoms with Crippen molar-refractivity contribution in [1.29, 1.82) is 0 Å². The Balaban J connectivity index is 1.58. The van der Waals surface area contributed by atoms with Gasteiger partial charge in [0, 0.05) is 6.42 Å². The molecule has 3 amide bonds. The van der Waals surface area contributed by atoms with E-state index in [1.165, 1.54) is 0 Å².